The molecule has 0 saturated heterocycles. The summed E-state index contributed by atoms with van der Waals surface area (Å²) in [6, 6.07) is 0. The number of aromatic nitrogens is 3. The maximum atomic E-state index is 11.8. The van der Waals surface area contributed by atoms with E-state index in [1.165, 1.54) is 4.57 Å². The standard InChI is InChI=1S/C10H13N3O3/c1-12-8(7-3-4-7)11-9(15)13(10(12)16)5-2-6-14/h6-7H,2-5H2,1H3. The molecule has 1 aliphatic carbocycles. The summed E-state index contributed by atoms with van der Waals surface area (Å²) in [5.41, 5.74) is -0.935. The van der Waals surface area contributed by atoms with Gasteiger partial charge < -0.3 is 4.79 Å². The molecule has 2 rings (SSSR count). The molecule has 0 spiro atoms. The summed E-state index contributed by atoms with van der Waals surface area (Å²) in [6.45, 7) is 0.104. The Balaban J connectivity index is 2.47. The second-order valence-corrected chi connectivity index (χ2v) is 3.98. The van der Waals surface area contributed by atoms with Crippen molar-refractivity contribution >= 4 is 6.29 Å². The van der Waals surface area contributed by atoms with Crippen LogP contribution in [0.5, 0.6) is 0 Å². The molecule has 1 heterocycles. The number of hydrogen-bond donors (Lipinski definition) is 0. The van der Waals surface area contributed by atoms with E-state index in [0.717, 1.165) is 17.4 Å². The van der Waals surface area contributed by atoms with Crippen molar-refractivity contribution in [1.29, 1.82) is 0 Å². The summed E-state index contributed by atoms with van der Waals surface area (Å²) in [4.78, 5) is 37.5. The van der Waals surface area contributed by atoms with Crippen molar-refractivity contribution < 1.29 is 4.79 Å². The van der Waals surface area contributed by atoms with Gasteiger partial charge in [-0.15, -0.1) is 0 Å². The van der Waals surface area contributed by atoms with E-state index in [1.54, 1.807) is 7.05 Å². The van der Waals surface area contributed by atoms with Gasteiger partial charge in [-0.1, -0.05) is 0 Å². The average Bonchev–Trinajstić information content (AvgIpc) is 3.07. The Kier molecular flexibility index (Phi) is 2.72. The van der Waals surface area contributed by atoms with E-state index in [2.05, 4.69) is 4.98 Å². The lowest BCUT2D eigenvalue weighted by molar-refractivity contribution is -0.108. The molecule has 86 valence electrons. The molecule has 0 radical (unpaired) electrons. The molecule has 0 unspecified atom stereocenters. The third-order valence-electron chi connectivity index (χ3n) is 2.72. The third kappa shape index (κ3) is 1.82. The summed E-state index contributed by atoms with van der Waals surface area (Å²) in [5.74, 6) is 0.823. The number of hydrogen-bond acceptors (Lipinski definition) is 4. The van der Waals surface area contributed by atoms with E-state index in [9.17, 15) is 14.4 Å². The van der Waals surface area contributed by atoms with Gasteiger partial charge in [0.1, 0.15) is 12.1 Å². The number of carbonyl (C=O) groups excluding carboxylic acids is 1. The molecule has 0 bridgehead atoms. The quantitative estimate of drug-likeness (QED) is 0.639. The number of aldehydes is 1. The molecule has 0 N–H and O–H groups in total. The van der Waals surface area contributed by atoms with Crippen LogP contribution in [-0.2, 0) is 18.4 Å². The number of nitrogens with zero attached hydrogens (tertiary/aromatic N) is 3. The smallest absolute Gasteiger partial charge is 0.303 e. The molecule has 6 heteroatoms. The van der Waals surface area contributed by atoms with Crippen molar-refractivity contribution in [2.45, 2.75) is 31.7 Å². The fourth-order valence-corrected chi connectivity index (χ4v) is 1.67. The van der Waals surface area contributed by atoms with E-state index < -0.39 is 5.69 Å². The Morgan fingerprint density at radius 1 is 1.44 bits per heavy atom. The Hall–Kier alpha value is -1.72. The largest absolute Gasteiger partial charge is 0.353 e. The molecule has 1 saturated carbocycles. The molecule has 6 nitrogen and oxygen atoms in total. The van der Waals surface area contributed by atoms with Gasteiger partial charge in [0.15, 0.2) is 0 Å². The first-order valence-corrected chi connectivity index (χ1v) is 5.26. The van der Waals surface area contributed by atoms with Gasteiger partial charge in [-0.2, -0.15) is 4.98 Å². The zero-order valence-corrected chi connectivity index (χ0v) is 9.05. The molecule has 1 fully saturated rings. The van der Waals surface area contributed by atoms with E-state index in [4.69, 9.17) is 0 Å². The highest BCUT2D eigenvalue weighted by molar-refractivity contribution is 5.48. The van der Waals surface area contributed by atoms with Crippen LogP contribution in [-0.4, -0.2) is 20.4 Å². The summed E-state index contributed by atoms with van der Waals surface area (Å²) in [6.07, 6.45) is 2.80. The van der Waals surface area contributed by atoms with Gasteiger partial charge in [0.25, 0.3) is 0 Å². The van der Waals surface area contributed by atoms with Crippen LogP contribution in [0.1, 0.15) is 31.0 Å². The van der Waals surface area contributed by atoms with Crippen molar-refractivity contribution in [3.8, 4) is 0 Å². The van der Waals surface area contributed by atoms with Crippen LogP contribution in [0.4, 0.5) is 0 Å². The van der Waals surface area contributed by atoms with Gasteiger partial charge in [0.2, 0.25) is 0 Å². The average molecular weight is 223 g/mol. The lowest BCUT2D eigenvalue weighted by atomic mass is 10.4. The zero-order chi connectivity index (χ0) is 11.7. The molecule has 1 aliphatic rings. The molecule has 0 atom stereocenters. The Morgan fingerprint density at radius 2 is 2.12 bits per heavy atom. The SMILES string of the molecule is Cn1c(C2CC2)nc(=O)n(CCC=O)c1=O. The Morgan fingerprint density at radius 3 is 2.69 bits per heavy atom. The van der Waals surface area contributed by atoms with Crippen molar-refractivity contribution in [3.63, 3.8) is 0 Å². The monoisotopic (exact) mass is 223 g/mol. The molecule has 1 aromatic heterocycles. The molecule has 0 aliphatic heterocycles. The summed E-state index contributed by atoms with van der Waals surface area (Å²) >= 11 is 0. The second-order valence-electron chi connectivity index (χ2n) is 3.98. The lowest BCUT2D eigenvalue weighted by Gasteiger charge is -2.08. The highest BCUT2D eigenvalue weighted by atomic mass is 16.2. The topological polar surface area (TPSA) is 74.0 Å². The van der Waals surface area contributed by atoms with Crippen LogP contribution in [0.15, 0.2) is 9.59 Å². The number of rotatable bonds is 4. The van der Waals surface area contributed by atoms with Gasteiger partial charge in [-0.25, -0.2) is 14.2 Å². The first-order chi connectivity index (χ1) is 7.65. The predicted octanol–water partition coefficient (Wildman–Crippen LogP) is -0.592. The zero-order valence-electron chi connectivity index (χ0n) is 9.05. The molecule has 1 aromatic rings. The fourth-order valence-electron chi connectivity index (χ4n) is 1.67. The third-order valence-corrected chi connectivity index (χ3v) is 2.72. The van der Waals surface area contributed by atoms with E-state index in [-0.39, 0.29) is 24.6 Å². The lowest BCUT2D eigenvalue weighted by Crippen LogP contribution is -2.42. The van der Waals surface area contributed by atoms with Gasteiger partial charge in [-0.05, 0) is 12.8 Å². The van der Waals surface area contributed by atoms with Crippen molar-refractivity contribution in [3.05, 3.63) is 26.8 Å². The maximum Gasteiger partial charge on any atom is 0.353 e. The minimum atomic E-state index is -0.549. The van der Waals surface area contributed by atoms with E-state index in [1.807, 2.05) is 0 Å². The highest BCUT2D eigenvalue weighted by Crippen LogP contribution is 2.37. The normalized spacial score (nSPS) is 15.1. The number of carbonyl (C=O) groups is 1. The van der Waals surface area contributed by atoms with Gasteiger partial charge in [0, 0.05) is 25.9 Å². The molecule has 0 amide bonds. The maximum absolute atomic E-state index is 11.8. The summed E-state index contributed by atoms with van der Waals surface area (Å²) in [7, 11) is 1.61. The second kappa shape index (κ2) is 4.03. The summed E-state index contributed by atoms with van der Waals surface area (Å²) < 4.78 is 2.41. The molecule has 16 heavy (non-hydrogen) atoms. The minimum Gasteiger partial charge on any atom is -0.303 e. The summed E-state index contributed by atoms with van der Waals surface area (Å²) in [5, 5.41) is 0. The predicted molar refractivity (Wildman–Crippen MR) is 56.4 cm³/mol. The highest BCUT2D eigenvalue weighted by Gasteiger charge is 2.28. The van der Waals surface area contributed by atoms with Crippen molar-refractivity contribution in [2.75, 3.05) is 0 Å². The Bertz CT molecular complexity index is 525. The van der Waals surface area contributed by atoms with Crippen LogP contribution in [0.2, 0.25) is 0 Å². The van der Waals surface area contributed by atoms with Crippen LogP contribution in [0.3, 0.4) is 0 Å². The van der Waals surface area contributed by atoms with Crippen LogP contribution in [0, 0.1) is 0 Å². The van der Waals surface area contributed by atoms with Crippen molar-refractivity contribution in [2.24, 2.45) is 7.05 Å². The first-order valence-electron chi connectivity index (χ1n) is 5.26. The fraction of sp³-hybridized carbons (Fsp3) is 0.600. The van der Waals surface area contributed by atoms with Crippen LogP contribution >= 0.6 is 0 Å². The molecular formula is C10H13N3O3. The minimum absolute atomic E-state index is 0.104. The van der Waals surface area contributed by atoms with Gasteiger partial charge in [0.05, 0.1) is 0 Å². The van der Waals surface area contributed by atoms with E-state index in [0.29, 0.717) is 12.1 Å². The van der Waals surface area contributed by atoms with Crippen LogP contribution in [0.25, 0.3) is 0 Å². The molecular weight excluding hydrogens is 210 g/mol. The van der Waals surface area contributed by atoms with Crippen molar-refractivity contribution in [1.82, 2.24) is 14.1 Å². The van der Waals surface area contributed by atoms with Gasteiger partial charge >= 0.3 is 11.4 Å². The Labute approximate surface area is 91.5 Å². The van der Waals surface area contributed by atoms with Crippen LogP contribution < -0.4 is 11.4 Å². The first kappa shape index (κ1) is 10.8. The van der Waals surface area contributed by atoms with E-state index >= 15 is 0 Å². The van der Waals surface area contributed by atoms with Gasteiger partial charge in [-0.3, -0.25) is 4.57 Å². The molecule has 0 aromatic carbocycles.